The largest absolute Gasteiger partial charge is 0.493 e. The van der Waals surface area contributed by atoms with Gasteiger partial charge >= 0.3 is 0 Å². The summed E-state index contributed by atoms with van der Waals surface area (Å²) in [7, 11) is 1.57. The van der Waals surface area contributed by atoms with Crippen molar-refractivity contribution in [2.45, 2.75) is 6.92 Å². The van der Waals surface area contributed by atoms with Crippen molar-refractivity contribution < 1.29 is 14.3 Å². The second kappa shape index (κ2) is 9.24. The summed E-state index contributed by atoms with van der Waals surface area (Å²) in [5, 5.41) is 2.81. The van der Waals surface area contributed by atoms with Crippen molar-refractivity contribution in [1.29, 1.82) is 0 Å². The number of methoxy groups -OCH3 is 1. The first-order valence-electron chi connectivity index (χ1n) is 8.74. The molecule has 5 nitrogen and oxygen atoms in total. The molecule has 0 atom stereocenters. The van der Waals surface area contributed by atoms with Gasteiger partial charge in [0.05, 0.1) is 7.11 Å². The number of hydrogen-bond donors (Lipinski definition) is 1. The molecule has 0 spiro atoms. The molecule has 3 aromatic rings. The molecule has 5 heteroatoms. The number of benzene rings is 2. The van der Waals surface area contributed by atoms with Gasteiger partial charge in [-0.05, 0) is 60.9 Å². The number of amides is 1. The van der Waals surface area contributed by atoms with Crippen LogP contribution in [0.1, 0.15) is 16.8 Å². The highest BCUT2D eigenvalue weighted by atomic mass is 16.5. The second-order valence-corrected chi connectivity index (χ2v) is 6.04. The number of anilines is 1. The third-order valence-corrected chi connectivity index (χ3v) is 3.82. The SMILES string of the molecule is COc1cc(C)ccc1OCC(=O)Nc1cccc(C#Cc2ccccn2)c1. The van der Waals surface area contributed by atoms with Crippen molar-refractivity contribution in [2.75, 3.05) is 19.0 Å². The summed E-state index contributed by atoms with van der Waals surface area (Å²) in [4.78, 5) is 16.4. The van der Waals surface area contributed by atoms with E-state index in [1.807, 2.05) is 49.4 Å². The molecule has 28 heavy (non-hydrogen) atoms. The molecule has 1 heterocycles. The van der Waals surface area contributed by atoms with Gasteiger partial charge in [-0.25, -0.2) is 4.98 Å². The molecule has 0 aliphatic rings. The number of ether oxygens (including phenoxy) is 2. The lowest BCUT2D eigenvalue weighted by atomic mass is 10.2. The minimum absolute atomic E-state index is 0.122. The highest BCUT2D eigenvalue weighted by Crippen LogP contribution is 2.27. The molecular weight excluding hydrogens is 352 g/mol. The van der Waals surface area contributed by atoms with Crippen LogP contribution in [0.2, 0.25) is 0 Å². The molecule has 0 bridgehead atoms. The quantitative estimate of drug-likeness (QED) is 0.692. The number of aromatic nitrogens is 1. The summed E-state index contributed by atoms with van der Waals surface area (Å²) < 4.78 is 10.9. The summed E-state index contributed by atoms with van der Waals surface area (Å²) in [6.45, 7) is 1.84. The zero-order valence-electron chi connectivity index (χ0n) is 15.7. The fourth-order valence-electron chi connectivity index (χ4n) is 2.48. The van der Waals surface area contributed by atoms with Crippen LogP contribution in [-0.2, 0) is 4.79 Å². The van der Waals surface area contributed by atoms with E-state index >= 15 is 0 Å². The van der Waals surface area contributed by atoms with Gasteiger partial charge in [0.15, 0.2) is 18.1 Å². The molecule has 0 saturated heterocycles. The van der Waals surface area contributed by atoms with Gasteiger partial charge in [-0.3, -0.25) is 4.79 Å². The molecule has 2 aromatic carbocycles. The Bertz CT molecular complexity index is 1020. The van der Waals surface area contributed by atoms with Crippen LogP contribution >= 0.6 is 0 Å². The number of hydrogen-bond acceptors (Lipinski definition) is 4. The number of pyridine rings is 1. The van der Waals surface area contributed by atoms with Crippen molar-refractivity contribution in [2.24, 2.45) is 0 Å². The van der Waals surface area contributed by atoms with Gasteiger partial charge in [0.1, 0.15) is 5.69 Å². The zero-order valence-corrected chi connectivity index (χ0v) is 15.7. The summed E-state index contributed by atoms with van der Waals surface area (Å²) in [6, 6.07) is 18.4. The van der Waals surface area contributed by atoms with E-state index in [1.165, 1.54) is 0 Å². The smallest absolute Gasteiger partial charge is 0.262 e. The third kappa shape index (κ3) is 5.36. The Morgan fingerprint density at radius 3 is 2.71 bits per heavy atom. The maximum Gasteiger partial charge on any atom is 0.262 e. The molecule has 0 radical (unpaired) electrons. The number of carbonyl (C=O) groups is 1. The fourth-order valence-corrected chi connectivity index (χ4v) is 2.48. The molecule has 140 valence electrons. The van der Waals surface area contributed by atoms with E-state index in [9.17, 15) is 4.79 Å². The Labute approximate surface area is 164 Å². The summed E-state index contributed by atoms with van der Waals surface area (Å²) >= 11 is 0. The Balaban J connectivity index is 1.61. The predicted octanol–water partition coefficient (Wildman–Crippen LogP) is 3.82. The van der Waals surface area contributed by atoms with Gasteiger partial charge in [-0.2, -0.15) is 0 Å². The average molecular weight is 372 g/mol. The van der Waals surface area contributed by atoms with Crippen LogP contribution in [0.15, 0.2) is 66.9 Å². The summed E-state index contributed by atoms with van der Waals surface area (Å²) in [5.41, 5.74) is 3.18. The average Bonchev–Trinajstić information content (AvgIpc) is 2.72. The molecule has 0 fully saturated rings. The lowest BCUT2D eigenvalue weighted by Gasteiger charge is -2.11. The van der Waals surface area contributed by atoms with Crippen LogP contribution in [0.4, 0.5) is 5.69 Å². The van der Waals surface area contributed by atoms with Crippen molar-refractivity contribution in [3.8, 4) is 23.3 Å². The first-order valence-corrected chi connectivity index (χ1v) is 8.74. The topological polar surface area (TPSA) is 60.5 Å². The maximum atomic E-state index is 12.2. The van der Waals surface area contributed by atoms with E-state index in [0.717, 1.165) is 11.1 Å². The number of carbonyl (C=O) groups excluding carboxylic acids is 1. The van der Waals surface area contributed by atoms with Crippen LogP contribution in [-0.4, -0.2) is 24.6 Å². The summed E-state index contributed by atoms with van der Waals surface area (Å²) in [6.07, 6.45) is 1.70. The number of rotatable bonds is 5. The molecular formula is C23H20N2O3. The molecule has 1 amide bonds. The van der Waals surface area contributed by atoms with Gasteiger partial charge in [-0.1, -0.05) is 24.1 Å². The van der Waals surface area contributed by atoms with Gasteiger partial charge in [0.2, 0.25) is 0 Å². The Kier molecular flexibility index (Phi) is 6.27. The summed E-state index contributed by atoms with van der Waals surface area (Å²) in [5.74, 6) is 6.89. The van der Waals surface area contributed by atoms with E-state index in [0.29, 0.717) is 22.9 Å². The highest BCUT2D eigenvalue weighted by Gasteiger charge is 2.08. The van der Waals surface area contributed by atoms with Gasteiger partial charge < -0.3 is 14.8 Å². The number of aryl methyl sites for hydroxylation is 1. The van der Waals surface area contributed by atoms with Gasteiger partial charge in [0.25, 0.3) is 5.91 Å². The van der Waals surface area contributed by atoms with Crippen molar-refractivity contribution in [3.63, 3.8) is 0 Å². The van der Waals surface area contributed by atoms with Gasteiger partial charge in [0, 0.05) is 17.4 Å². The van der Waals surface area contributed by atoms with Crippen LogP contribution in [0, 0.1) is 18.8 Å². The normalized spacial score (nSPS) is 9.79. The second-order valence-electron chi connectivity index (χ2n) is 6.04. The number of nitrogens with one attached hydrogen (secondary N) is 1. The first kappa shape index (κ1) is 19.0. The van der Waals surface area contributed by atoms with Crippen LogP contribution in [0.25, 0.3) is 0 Å². The van der Waals surface area contributed by atoms with Crippen molar-refractivity contribution in [3.05, 3.63) is 83.7 Å². The maximum absolute atomic E-state index is 12.2. The Morgan fingerprint density at radius 1 is 1.04 bits per heavy atom. The first-order chi connectivity index (χ1) is 13.6. The molecule has 0 aliphatic carbocycles. The Hall–Kier alpha value is -3.78. The minimum Gasteiger partial charge on any atom is -0.493 e. The number of nitrogens with zero attached hydrogens (tertiary/aromatic N) is 1. The Morgan fingerprint density at radius 2 is 1.93 bits per heavy atom. The molecule has 0 unspecified atom stereocenters. The molecule has 1 aromatic heterocycles. The highest BCUT2D eigenvalue weighted by molar-refractivity contribution is 5.92. The van der Waals surface area contributed by atoms with Gasteiger partial charge in [-0.15, -0.1) is 0 Å². The monoisotopic (exact) mass is 372 g/mol. The van der Waals surface area contributed by atoms with E-state index in [-0.39, 0.29) is 12.5 Å². The molecule has 3 rings (SSSR count). The minimum atomic E-state index is -0.266. The molecule has 0 saturated carbocycles. The molecule has 0 aliphatic heterocycles. The third-order valence-electron chi connectivity index (χ3n) is 3.82. The zero-order chi connectivity index (χ0) is 19.8. The predicted molar refractivity (Wildman–Crippen MR) is 109 cm³/mol. The van der Waals surface area contributed by atoms with E-state index in [2.05, 4.69) is 22.1 Å². The lowest BCUT2D eigenvalue weighted by molar-refractivity contribution is -0.118. The van der Waals surface area contributed by atoms with E-state index in [4.69, 9.17) is 9.47 Å². The van der Waals surface area contributed by atoms with E-state index in [1.54, 1.807) is 31.5 Å². The molecule has 1 N–H and O–H groups in total. The van der Waals surface area contributed by atoms with Crippen LogP contribution in [0.5, 0.6) is 11.5 Å². The van der Waals surface area contributed by atoms with Crippen molar-refractivity contribution in [1.82, 2.24) is 4.98 Å². The standard InChI is InChI=1S/C23H20N2O3/c1-17-9-12-21(22(14-17)27-2)28-16-23(26)25-20-8-5-6-18(15-20)10-11-19-7-3-4-13-24-19/h3-9,12-15H,16H2,1-2H3,(H,25,26). The van der Waals surface area contributed by atoms with E-state index < -0.39 is 0 Å². The van der Waals surface area contributed by atoms with Crippen LogP contribution in [0.3, 0.4) is 0 Å². The lowest BCUT2D eigenvalue weighted by Crippen LogP contribution is -2.20. The fraction of sp³-hybridized carbons (Fsp3) is 0.130. The van der Waals surface area contributed by atoms with Crippen LogP contribution < -0.4 is 14.8 Å². The van der Waals surface area contributed by atoms with Crippen molar-refractivity contribution >= 4 is 11.6 Å².